The molecule has 3 atom stereocenters. The highest BCUT2D eigenvalue weighted by molar-refractivity contribution is 5.85. The van der Waals surface area contributed by atoms with Gasteiger partial charge in [0.1, 0.15) is 0 Å². The summed E-state index contributed by atoms with van der Waals surface area (Å²) in [5.41, 5.74) is 0. The Hall–Kier alpha value is -0.400. The number of ether oxygens (including phenoxy) is 1. The second-order valence-electron chi connectivity index (χ2n) is 7.90. The third-order valence-electron chi connectivity index (χ3n) is 6.01. The number of halogens is 1. The molecule has 152 valence electrons. The van der Waals surface area contributed by atoms with Gasteiger partial charge in [0.2, 0.25) is 5.91 Å². The number of hydrogen-bond donors (Lipinski definition) is 3. The van der Waals surface area contributed by atoms with Crippen molar-refractivity contribution in [2.75, 3.05) is 45.9 Å². The number of piperidine rings is 1. The molecule has 1 saturated carbocycles. The molecule has 0 spiro atoms. The second kappa shape index (κ2) is 11.4. The SMILES string of the molecule is CCCNC(=O)CN1CCC(NC2CCCC2C2COCCN2)CC1.Cl. The largest absolute Gasteiger partial charge is 0.379 e. The van der Waals surface area contributed by atoms with Crippen LogP contribution in [0.15, 0.2) is 0 Å². The molecule has 2 saturated heterocycles. The van der Waals surface area contributed by atoms with E-state index in [4.69, 9.17) is 4.74 Å². The lowest BCUT2D eigenvalue weighted by atomic mass is 9.92. The zero-order valence-electron chi connectivity index (χ0n) is 16.2. The molecule has 0 bridgehead atoms. The predicted molar refractivity (Wildman–Crippen MR) is 107 cm³/mol. The fourth-order valence-corrected chi connectivity index (χ4v) is 4.62. The summed E-state index contributed by atoms with van der Waals surface area (Å²) in [5.74, 6) is 0.880. The van der Waals surface area contributed by atoms with Gasteiger partial charge in [-0.15, -0.1) is 12.4 Å². The lowest BCUT2D eigenvalue weighted by molar-refractivity contribution is -0.122. The van der Waals surface area contributed by atoms with Gasteiger partial charge in [-0.1, -0.05) is 13.3 Å². The minimum absolute atomic E-state index is 0. The van der Waals surface area contributed by atoms with Crippen LogP contribution in [-0.2, 0) is 9.53 Å². The third kappa shape index (κ3) is 6.34. The first-order valence-electron chi connectivity index (χ1n) is 10.3. The maximum Gasteiger partial charge on any atom is 0.234 e. The fraction of sp³-hybridized carbons (Fsp3) is 0.947. The van der Waals surface area contributed by atoms with Gasteiger partial charge in [0.15, 0.2) is 0 Å². The van der Waals surface area contributed by atoms with Gasteiger partial charge in [-0.25, -0.2) is 0 Å². The number of carbonyl (C=O) groups excluding carboxylic acids is 1. The van der Waals surface area contributed by atoms with E-state index in [-0.39, 0.29) is 18.3 Å². The van der Waals surface area contributed by atoms with Gasteiger partial charge in [-0.05, 0) is 38.0 Å². The van der Waals surface area contributed by atoms with Crippen molar-refractivity contribution in [1.82, 2.24) is 20.9 Å². The molecule has 0 aromatic rings. The van der Waals surface area contributed by atoms with Gasteiger partial charge in [0.05, 0.1) is 19.8 Å². The molecule has 0 aromatic carbocycles. The van der Waals surface area contributed by atoms with Gasteiger partial charge in [0, 0.05) is 44.3 Å². The van der Waals surface area contributed by atoms with Crippen LogP contribution < -0.4 is 16.0 Å². The molecular weight excluding hydrogens is 352 g/mol. The van der Waals surface area contributed by atoms with Crippen LogP contribution in [0.25, 0.3) is 0 Å². The van der Waals surface area contributed by atoms with Gasteiger partial charge in [0.25, 0.3) is 0 Å². The molecule has 0 aromatic heterocycles. The van der Waals surface area contributed by atoms with Crippen LogP contribution in [0.3, 0.4) is 0 Å². The van der Waals surface area contributed by atoms with E-state index in [1.54, 1.807) is 0 Å². The minimum atomic E-state index is 0. The molecule has 3 N–H and O–H groups in total. The van der Waals surface area contributed by atoms with Crippen molar-refractivity contribution in [3.63, 3.8) is 0 Å². The molecule has 2 aliphatic heterocycles. The van der Waals surface area contributed by atoms with Crippen LogP contribution in [0.5, 0.6) is 0 Å². The molecule has 1 amide bonds. The minimum Gasteiger partial charge on any atom is -0.379 e. The van der Waals surface area contributed by atoms with Crippen molar-refractivity contribution in [3.05, 3.63) is 0 Å². The molecule has 3 aliphatic rings. The average Bonchev–Trinajstić information content (AvgIpc) is 3.10. The molecular formula is C19H37ClN4O2. The smallest absolute Gasteiger partial charge is 0.234 e. The van der Waals surface area contributed by atoms with Crippen molar-refractivity contribution in [2.24, 2.45) is 5.92 Å². The van der Waals surface area contributed by atoms with E-state index in [2.05, 4.69) is 27.8 Å². The Labute approximate surface area is 164 Å². The van der Waals surface area contributed by atoms with Crippen LogP contribution in [-0.4, -0.2) is 74.9 Å². The Morgan fingerprint density at radius 2 is 2.04 bits per heavy atom. The summed E-state index contributed by atoms with van der Waals surface area (Å²) in [6.45, 7) is 8.20. The lowest BCUT2D eigenvalue weighted by Crippen LogP contribution is -2.54. The molecule has 26 heavy (non-hydrogen) atoms. The number of amides is 1. The standard InChI is InChI=1S/C19H36N4O2.ClH/c1-2-8-21-19(24)13-23-10-6-15(7-11-23)22-17-5-3-4-16(17)18-14-25-12-9-20-18;/h15-18,20,22H,2-14H2,1H3,(H,21,24);1H. The van der Waals surface area contributed by atoms with Gasteiger partial charge >= 0.3 is 0 Å². The molecule has 7 heteroatoms. The molecule has 0 radical (unpaired) electrons. The van der Waals surface area contributed by atoms with Crippen LogP contribution in [0, 0.1) is 5.92 Å². The molecule has 3 unspecified atom stereocenters. The Morgan fingerprint density at radius 1 is 1.23 bits per heavy atom. The summed E-state index contributed by atoms with van der Waals surface area (Å²) in [6.07, 6.45) is 7.24. The molecule has 1 aliphatic carbocycles. The van der Waals surface area contributed by atoms with E-state index in [0.29, 0.717) is 30.6 Å². The summed E-state index contributed by atoms with van der Waals surface area (Å²) in [7, 11) is 0. The van der Waals surface area contributed by atoms with Gasteiger partial charge < -0.3 is 20.7 Å². The van der Waals surface area contributed by atoms with E-state index >= 15 is 0 Å². The second-order valence-corrected chi connectivity index (χ2v) is 7.90. The normalized spacial score (nSPS) is 30.7. The maximum absolute atomic E-state index is 11.9. The summed E-state index contributed by atoms with van der Waals surface area (Å²) in [6, 6.07) is 1.75. The number of likely N-dealkylation sites (tertiary alicyclic amines) is 1. The zero-order valence-corrected chi connectivity index (χ0v) is 17.0. The Kier molecular flexibility index (Phi) is 9.64. The predicted octanol–water partition coefficient (Wildman–Crippen LogP) is 1.15. The van der Waals surface area contributed by atoms with E-state index < -0.39 is 0 Å². The monoisotopic (exact) mass is 388 g/mol. The Bertz CT molecular complexity index is 412. The van der Waals surface area contributed by atoms with Crippen molar-refractivity contribution in [3.8, 4) is 0 Å². The van der Waals surface area contributed by atoms with E-state index in [1.807, 2.05) is 0 Å². The third-order valence-corrected chi connectivity index (χ3v) is 6.01. The van der Waals surface area contributed by atoms with Crippen molar-refractivity contribution in [2.45, 2.75) is 63.6 Å². The summed E-state index contributed by atoms with van der Waals surface area (Å²) in [4.78, 5) is 14.2. The summed E-state index contributed by atoms with van der Waals surface area (Å²) in [5, 5.41) is 10.6. The molecule has 3 rings (SSSR count). The summed E-state index contributed by atoms with van der Waals surface area (Å²) < 4.78 is 5.68. The van der Waals surface area contributed by atoms with Gasteiger partial charge in [-0.2, -0.15) is 0 Å². The first-order valence-corrected chi connectivity index (χ1v) is 10.3. The number of rotatable bonds is 7. The van der Waals surface area contributed by atoms with Crippen LogP contribution in [0.4, 0.5) is 0 Å². The maximum atomic E-state index is 11.9. The quantitative estimate of drug-likeness (QED) is 0.610. The number of carbonyl (C=O) groups is 1. The van der Waals surface area contributed by atoms with Crippen molar-refractivity contribution < 1.29 is 9.53 Å². The average molecular weight is 389 g/mol. The van der Waals surface area contributed by atoms with Crippen LogP contribution in [0.1, 0.15) is 45.4 Å². The highest BCUT2D eigenvalue weighted by Crippen LogP contribution is 2.30. The Morgan fingerprint density at radius 3 is 2.73 bits per heavy atom. The lowest BCUT2D eigenvalue weighted by Gasteiger charge is -2.37. The van der Waals surface area contributed by atoms with Crippen molar-refractivity contribution >= 4 is 18.3 Å². The first kappa shape index (κ1) is 21.9. The highest BCUT2D eigenvalue weighted by Gasteiger charge is 2.36. The first-order chi connectivity index (χ1) is 12.3. The van der Waals surface area contributed by atoms with E-state index in [9.17, 15) is 4.79 Å². The fourth-order valence-electron chi connectivity index (χ4n) is 4.62. The number of nitrogens with one attached hydrogen (secondary N) is 3. The molecule has 3 fully saturated rings. The van der Waals surface area contributed by atoms with Crippen molar-refractivity contribution in [1.29, 1.82) is 0 Å². The van der Waals surface area contributed by atoms with E-state index in [0.717, 1.165) is 58.7 Å². The van der Waals surface area contributed by atoms with Gasteiger partial charge in [-0.3, -0.25) is 9.69 Å². The van der Waals surface area contributed by atoms with Crippen LogP contribution in [0.2, 0.25) is 0 Å². The zero-order chi connectivity index (χ0) is 17.5. The molecule has 2 heterocycles. The number of hydrogen-bond acceptors (Lipinski definition) is 5. The number of nitrogens with zero attached hydrogens (tertiary/aromatic N) is 1. The van der Waals surface area contributed by atoms with Crippen LogP contribution >= 0.6 is 12.4 Å². The topological polar surface area (TPSA) is 65.6 Å². The highest BCUT2D eigenvalue weighted by atomic mass is 35.5. The summed E-state index contributed by atoms with van der Waals surface area (Å²) >= 11 is 0. The Balaban J connectivity index is 0.00000243. The molecule has 6 nitrogen and oxygen atoms in total. The van der Waals surface area contributed by atoms with E-state index in [1.165, 1.54) is 19.3 Å². The number of morpholine rings is 1.